The molecule has 0 aliphatic carbocycles. The van der Waals surface area contributed by atoms with Crippen molar-refractivity contribution in [3.8, 4) is 0 Å². The molecule has 0 spiro atoms. The highest BCUT2D eigenvalue weighted by Crippen LogP contribution is 1.77. The molecule has 0 fully saturated rings. The first-order chi connectivity index (χ1) is 3.31. The zero-order valence-electron chi connectivity index (χ0n) is 4.55. The van der Waals surface area contributed by atoms with Crippen LogP contribution in [0.15, 0.2) is 0 Å². The van der Waals surface area contributed by atoms with Gasteiger partial charge in [0.2, 0.25) is 6.41 Å². The molecule has 41 valence electrons. The zero-order valence-corrected chi connectivity index (χ0v) is 4.55. The van der Waals surface area contributed by atoms with Gasteiger partial charge in [0.1, 0.15) is 0 Å². The first-order valence-corrected chi connectivity index (χ1v) is 2.26. The first-order valence-electron chi connectivity index (χ1n) is 2.26. The highest BCUT2D eigenvalue weighted by molar-refractivity contribution is 5.46. The van der Waals surface area contributed by atoms with Crippen molar-refractivity contribution in [2.75, 3.05) is 13.6 Å². The van der Waals surface area contributed by atoms with Crippen molar-refractivity contribution >= 4 is 6.41 Å². The van der Waals surface area contributed by atoms with Crippen LogP contribution in [0.1, 0.15) is 6.42 Å². The Hall–Kier alpha value is -0.530. The van der Waals surface area contributed by atoms with E-state index in [4.69, 9.17) is 0 Å². The fourth-order valence-electron chi connectivity index (χ4n) is 0.302. The molecule has 2 heteroatoms. The molecule has 0 atom stereocenters. The Kier molecular flexibility index (Phi) is 3.38. The first kappa shape index (κ1) is 6.47. The summed E-state index contributed by atoms with van der Waals surface area (Å²) in [5, 5.41) is 0. The summed E-state index contributed by atoms with van der Waals surface area (Å²) in [6.07, 6.45) is 1.58. The van der Waals surface area contributed by atoms with Crippen molar-refractivity contribution in [2.45, 2.75) is 6.42 Å². The normalized spacial score (nSPS) is 8.29. The largest absolute Gasteiger partial charge is 0.348 e. The number of amides is 1. The van der Waals surface area contributed by atoms with Crippen LogP contribution in [0, 0.1) is 6.92 Å². The topological polar surface area (TPSA) is 20.3 Å². The van der Waals surface area contributed by atoms with Gasteiger partial charge in [0.15, 0.2) is 0 Å². The molecule has 7 heavy (non-hydrogen) atoms. The molecule has 0 rings (SSSR count). The minimum Gasteiger partial charge on any atom is -0.348 e. The van der Waals surface area contributed by atoms with E-state index in [9.17, 15) is 4.79 Å². The van der Waals surface area contributed by atoms with Gasteiger partial charge in [0, 0.05) is 13.6 Å². The maximum atomic E-state index is 9.79. The van der Waals surface area contributed by atoms with Gasteiger partial charge in [0.25, 0.3) is 0 Å². The summed E-state index contributed by atoms with van der Waals surface area (Å²) in [6, 6.07) is 0. The molecule has 0 aromatic carbocycles. The van der Waals surface area contributed by atoms with Crippen LogP contribution >= 0.6 is 0 Å². The van der Waals surface area contributed by atoms with E-state index < -0.39 is 0 Å². The fraction of sp³-hybridized carbons (Fsp3) is 0.600. The second-order valence-corrected chi connectivity index (χ2v) is 1.44. The number of nitrogens with zero attached hydrogens (tertiary/aromatic N) is 1. The Bertz CT molecular complexity index is 54.0. The van der Waals surface area contributed by atoms with Gasteiger partial charge >= 0.3 is 0 Å². The summed E-state index contributed by atoms with van der Waals surface area (Å²) >= 11 is 0. The summed E-state index contributed by atoms with van der Waals surface area (Å²) in [4.78, 5) is 11.4. The van der Waals surface area contributed by atoms with Crippen LogP contribution < -0.4 is 0 Å². The van der Waals surface area contributed by atoms with Crippen LogP contribution in [0.4, 0.5) is 0 Å². The van der Waals surface area contributed by atoms with Gasteiger partial charge in [-0.05, 0) is 6.42 Å². The third-order valence-corrected chi connectivity index (χ3v) is 0.691. The number of rotatable bonds is 3. The zero-order chi connectivity index (χ0) is 5.70. The van der Waals surface area contributed by atoms with E-state index in [1.165, 1.54) is 0 Å². The smallest absolute Gasteiger partial charge is 0.209 e. The van der Waals surface area contributed by atoms with E-state index >= 15 is 0 Å². The molecule has 0 aliphatic rings. The lowest BCUT2D eigenvalue weighted by Crippen LogP contribution is -2.15. The summed E-state index contributed by atoms with van der Waals surface area (Å²) < 4.78 is 0. The van der Waals surface area contributed by atoms with Crippen molar-refractivity contribution in [1.29, 1.82) is 0 Å². The number of hydrogen-bond acceptors (Lipinski definition) is 1. The molecule has 1 radical (unpaired) electrons. The predicted molar refractivity (Wildman–Crippen MR) is 28.7 cm³/mol. The van der Waals surface area contributed by atoms with Crippen LogP contribution in [0.3, 0.4) is 0 Å². The number of carbonyl (C=O) groups is 1. The van der Waals surface area contributed by atoms with Crippen LogP contribution in [0.5, 0.6) is 0 Å². The average molecular weight is 100 g/mol. The van der Waals surface area contributed by atoms with Gasteiger partial charge in [-0.3, -0.25) is 4.79 Å². The lowest BCUT2D eigenvalue weighted by Gasteiger charge is -2.05. The van der Waals surface area contributed by atoms with Crippen LogP contribution in [-0.4, -0.2) is 24.9 Å². The molecule has 1 amide bonds. The van der Waals surface area contributed by atoms with Crippen LogP contribution in [0.25, 0.3) is 0 Å². The van der Waals surface area contributed by atoms with E-state index in [-0.39, 0.29) is 0 Å². The van der Waals surface area contributed by atoms with Crippen LogP contribution in [0.2, 0.25) is 0 Å². The molecule has 0 saturated carbocycles. The number of hydrogen-bond donors (Lipinski definition) is 0. The fourth-order valence-corrected chi connectivity index (χ4v) is 0.302. The molecular weight excluding hydrogens is 90.1 g/mol. The lowest BCUT2D eigenvalue weighted by molar-refractivity contribution is -0.116. The molecule has 0 bridgehead atoms. The van der Waals surface area contributed by atoms with Crippen molar-refractivity contribution < 1.29 is 4.79 Å². The molecule has 0 heterocycles. The molecule has 0 N–H and O–H groups in total. The SMILES string of the molecule is [CH2]CCN(C)C=O. The quantitative estimate of drug-likeness (QED) is 0.467. The maximum Gasteiger partial charge on any atom is 0.209 e. The highest BCUT2D eigenvalue weighted by atomic mass is 16.1. The summed E-state index contributed by atoms with van der Waals surface area (Å²) in [6.45, 7) is 4.33. The monoisotopic (exact) mass is 100 g/mol. The average Bonchev–Trinajstić information content (AvgIpc) is 1.68. The predicted octanol–water partition coefficient (Wildman–Crippen LogP) is 0.299. The number of carbonyl (C=O) groups excluding carboxylic acids is 1. The Morgan fingerprint density at radius 1 is 1.86 bits per heavy atom. The van der Waals surface area contributed by atoms with E-state index in [1.54, 1.807) is 11.9 Å². The van der Waals surface area contributed by atoms with Crippen LogP contribution in [-0.2, 0) is 4.79 Å². The minimum atomic E-state index is 0.753. The Labute approximate surface area is 44.1 Å². The van der Waals surface area contributed by atoms with Gasteiger partial charge in [-0.25, -0.2) is 0 Å². The summed E-state index contributed by atoms with van der Waals surface area (Å²) in [5.74, 6) is 0. The van der Waals surface area contributed by atoms with Gasteiger partial charge in [-0.15, -0.1) is 0 Å². The van der Waals surface area contributed by atoms with Crippen molar-refractivity contribution in [3.05, 3.63) is 6.92 Å². The van der Waals surface area contributed by atoms with Gasteiger partial charge in [0.05, 0.1) is 0 Å². The molecule has 0 aromatic rings. The minimum absolute atomic E-state index is 0.753. The summed E-state index contributed by atoms with van der Waals surface area (Å²) in [5.41, 5.74) is 0. The second kappa shape index (κ2) is 3.65. The second-order valence-electron chi connectivity index (χ2n) is 1.44. The van der Waals surface area contributed by atoms with E-state index in [0.717, 1.165) is 19.4 Å². The Balaban J connectivity index is 2.98. The standard InChI is InChI=1S/C5H10NO/c1-3-4-6(2)5-7/h5H,1,3-4H2,2H3. The maximum absolute atomic E-state index is 9.79. The van der Waals surface area contributed by atoms with E-state index in [0.29, 0.717) is 0 Å². The lowest BCUT2D eigenvalue weighted by atomic mass is 10.5. The molecular formula is C5H10NO. The molecule has 0 aromatic heterocycles. The van der Waals surface area contributed by atoms with E-state index in [1.807, 2.05) is 0 Å². The molecule has 2 nitrogen and oxygen atoms in total. The third kappa shape index (κ3) is 3.30. The summed E-state index contributed by atoms with van der Waals surface area (Å²) in [7, 11) is 1.73. The van der Waals surface area contributed by atoms with Crippen molar-refractivity contribution in [1.82, 2.24) is 4.90 Å². The van der Waals surface area contributed by atoms with Crippen molar-refractivity contribution in [3.63, 3.8) is 0 Å². The van der Waals surface area contributed by atoms with Gasteiger partial charge in [-0.1, -0.05) is 6.92 Å². The molecule has 0 unspecified atom stereocenters. The van der Waals surface area contributed by atoms with E-state index in [2.05, 4.69) is 6.92 Å². The van der Waals surface area contributed by atoms with Gasteiger partial charge in [-0.2, -0.15) is 0 Å². The highest BCUT2D eigenvalue weighted by Gasteiger charge is 1.84. The third-order valence-electron chi connectivity index (χ3n) is 0.691. The molecule has 0 aliphatic heterocycles. The Morgan fingerprint density at radius 2 is 2.43 bits per heavy atom. The Morgan fingerprint density at radius 3 is 2.57 bits per heavy atom. The van der Waals surface area contributed by atoms with Crippen molar-refractivity contribution in [2.24, 2.45) is 0 Å². The molecule has 0 saturated heterocycles. The van der Waals surface area contributed by atoms with Gasteiger partial charge < -0.3 is 4.90 Å².